The molecule has 0 spiro atoms. The first-order valence-corrected chi connectivity index (χ1v) is 7.48. The molecule has 1 N–H and O–H groups in total. The molecule has 106 valence electrons. The molecule has 1 unspecified atom stereocenters. The third kappa shape index (κ3) is 5.09. The van der Waals surface area contributed by atoms with Gasteiger partial charge in [0.1, 0.15) is 5.78 Å². The highest BCUT2D eigenvalue weighted by Gasteiger charge is 2.30. The standard InChI is InChI=1S/C16H30O2/c1-5-15(3,12-13(2)17)9-6-14-7-10-16(4,18)11-8-14/h14,18H,5-12H2,1-4H3. The third-order valence-corrected chi connectivity index (χ3v) is 4.87. The molecule has 0 saturated heterocycles. The van der Waals surface area contributed by atoms with E-state index >= 15 is 0 Å². The van der Waals surface area contributed by atoms with Crippen molar-refractivity contribution in [2.45, 2.75) is 84.7 Å². The van der Waals surface area contributed by atoms with Gasteiger partial charge in [-0.15, -0.1) is 0 Å². The molecule has 0 aromatic rings. The van der Waals surface area contributed by atoms with Crippen molar-refractivity contribution < 1.29 is 9.90 Å². The molecule has 1 fully saturated rings. The Morgan fingerprint density at radius 3 is 2.39 bits per heavy atom. The number of ketones is 1. The summed E-state index contributed by atoms with van der Waals surface area (Å²) in [6.45, 7) is 8.09. The molecule has 0 heterocycles. The lowest BCUT2D eigenvalue weighted by molar-refractivity contribution is -0.119. The maximum Gasteiger partial charge on any atom is 0.130 e. The van der Waals surface area contributed by atoms with E-state index in [0.29, 0.717) is 12.2 Å². The number of carbonyl (C=O) groups is 1. The molecule has 1 rings (SSSR count). The molecule has 1 saturated carbocycles. The fourth-order valence-electron chi connectivity index (χ4n) is 3.13. The number of hydrogen-bond acceptors (Lipinski definition) is 2. The van der Waals surface area contributed by atoms with Crippen LogP contribution >= 0.6 is 0 Å². The van der Waals surface area contributed by atoms with Gasteiger partial charge in [-0.25, -0.2) is 0 Å². The van der Waals surface area contributed by atoms with Crippen LogP contribution in [-0.2, 0) is 4.79 Å². The molecule has 2 heteroatoms. The highest BCUT2D eigenvalue weighted by atomic mass is 16.3. The van der Waals surface area contributed by atoms with Crippen LogP contribution in [0, 0.1) is 11.3 Å². The van der Waals surface area contributed by atoms with E-state index < -0.39 is 5.60 Å². The summed E-state index contributed by atoms with van der Waals surface area (Å²) in [6, 6.07) is 0. The van der Waals surface area contributed by atoms with E-state index in [9.17, 15) is 9.90 Å². The molecule has 18 heavy (non-hydrogen) atoms. The molecule has 2 nitrogen and oxygen atoms in total. The van der Waals surface area contributed by atoms with Gasteiger partial charge in [-0.05, 0) is 63.7 Å². The van der Waals surface area contributed by atoms with Crippen LogP contribution in [0.5, 0.6) is 0 Å². The molecule has 0 amide bonds. The lowest BCUT2D eigenvalue weighted by Gasteiger charge is -2.35. The van der Waals surface area contributed by atoms with E-state index in [1.165, 1.54) is 6.42 Å². The van der Waals surface area contributed by atoms with Crippen molar-refractivity contribution in [1.29, 1.82) is 0 Å². The van der Waals surface area contributed by atoms with Gasteiger partial charge in [-0.2, -0.15) is 0 Å². The number of rotatable bonds is 6. The van der Waals surface area contributed by atoms with Crippen LogP contribution in [-0.4, -0.2) is 16.5 Å². The van der Waals surface area contributed by atoms with Crippen molar-refractivity contribution in [3.8, 4) is 0 Å². The zero-order valence-corrected chi connectivity index (χ0v) is 12.6. The first-order chi connectivity index (χ1) is 8.26. The van der Waals surface area contributed by atoms with Gasteiger partial charge in [0.15, 0.2) is 0 Å². The van der Waals surface area contributed by atoms with Gasteiger partial charge < -0.3 is 9.90 Å². The first-order valence-electron chi connectivity index (χ1n) is 7.48. The van der Waals surface area contributed by atoms with Gasteiger partial charge in [-0.1, -0.05) is 20.3 Å². The summed E-state index contributed by atoms with van der Waals surface area (Å²) in [6.07, 6.45) is 8.33. The molecule has 1 aliphatic rings. The molecule has 1 aliphatic carbocycles. The van der Waals surface area contributed by atoms with Crippen molar-refractivity contribution >= 4 is 5.78 Å². The minimum absolute atomic E-state index is 0.186. The average Bonchev–Trinajstić information content (AvgIpc) is 2.27. The quantitative estimate of drug-likeness (QED) is 0.774. The molecular weight excluding hydrogens is 224 g/mol. The van der Waals surface area contributed by atoms with Crippen LogP contribution in [0.4, 0.5) is 0 Å². The Bertz CT molecular complexity index is 273. The third-order valence-electron chi connectivity index (χ3n) is 4.87. The maximum atomic E-state index is 11.3. The van der Waals surface area contributed by atoms with E-state index in [0.717, 1.165) is 44.4 Å². The largest absolute Gasteiger partial charge is 0.390 e. The minimum Gasteiger partial charge on any atom is -0.390 e. The van der Waals surface area contributed by atoms with Gasteiger partial charge in [0.25, 0.3) is 0 Å². The fraction of sp³-hybridized carbons (Fsp3) is 0.938. The Kier molecular flexibility index (Phi) is 5.39. The second kappa shape index (κ2) is 6.18. The van der Waals surface area contributed by atoms with Crippen LogP contribution in [0.15, 0.2) is 0 Å². The predicted molar refractivity (Wildman–Crippen MR) is 75.5 cm³/mol. The van der Waals surface area contributed by atoms with E-state index in [-0.39, 0.29) is 5.41 Å². The van der Waals surface area contributed by atoms with E-state index in [1.54, 1.807) is 6.92 Å². The Morgan fingerprint density at radius 1 is 1.39 bits per heavy atom. The summed E-state index contributed by atoms with van der Waals surface area (Å²) in [5.74, 6) is 1.06. The van der Waals surface area contributed by atoms with E-state index in [1.807, 2.05) is 6.92 Å². The van der Waals surface area contributed by atoms with Crippen molar-refractivity contribution in [2.75, 3.05) is 0 Å². The lowest BCUT2D eigenvalue weighted by Crippen LogP contribution is -2.31. The van der Waals surface area contributed by atoms with Crippen molar-refractivity contribution in [2.24, 2.45) is 11.3 Å². The van der Waals surface area contributed by atoms with Crippen molar-refractivity contribution in [1.82, 2.24) is 0 Å². The second-order valence-corrected chi connectivity index (χ2v) is 7.02. The topological polar surface area (TPSA) is 37.3 Å². The Labute approximate surface area is 112 Å². The zero-order chi connectivity index (χ0) is 13.8. The predicted octanol–water partition coefficient (Wildman–Crippen LogP) is 4.10. The molecule has 0 aromatic carbocycles. The molecule has 0 radical (unpaired) electrons. The summed E-state index contributed by atoms with van der Waals surface area (Å²) < 4.78 is 0. The number of aliphatic hydroxyl groups is 1. The van der Waals surface area contributed by atoms with Gasteiger partial charge in [0, 0.05) is 6.42 Å². The molecule has 0 bridgehead atoms. The van der Waals surface area contributed by atoms with E-state index in [4.69, 9.17) is 0 Å². The van der Waals surface area contributed by atoms with Crippen LogP contribution in [0.1, 0.15) is 79.1 Å². The summed E-state index contributed by atoms with van der Waals surface area (Å²) in [7, 11) is 0. The Morgan fingerprint density at radius 2 is 1.94 bits per heavy atom. The Hall–Kier alpha value is -0.370. The maximum absolute atomic E-state index is 11.3. The summed E-state index contributed by atoms with van der Waals surface area (Å²) in [5, 5.41) is 9.94. The van der Waals surface area contributed by atoms with Crippen molar-refractivity contribution in [3.63, 3.8) is 0 Å². The smallest absolute Gasteiger partial charge is 0.130 e. The van der Waals surface area contributed by atoms with Crippen molar-refractivity contribution in [3.05, 3.63) is 0 Å². The first kappa shape index (κ1) is 15.7. The minimum atomic E-state index is -0.427. The van der Waals surface area contributed by atoms with Gasteiger partial charge >= 0.3 is 0 Å². The van der Waals surface area contributed by atoms with Gasteiger partial charge in [0.05, 0.1) is 5.60 Å². The number of Topliss-reactive ketones (excluding diaryl/α,β-unsaturated/α-hetero) is 1. The number of carbonyl (C=O) groups excluding carboxylic acids is 1. The van der Waals surface area contributed by atoms with Gasteiger partial charge in [-0.3, -0.25) is 0 Å². The summed E-state index contributed by atoms with van der Waals surface area (Å²) >= 11 is 0. The molecular formula is C16H30O2. The molecule has 1 atom stereocenters. The second-order valence-electron chi connectivity index (χ2n) is 7.02. The highest BCUT2D eigenvalue weighted by molar-refractivity contribution is 5.76. The average molecular weight is 254 g/mol. The summed E-state index contributed by atoms with van der Waals surface area (Å²) in [5.41, 5.74) is -0.240. The molecule has 0 aromatic heterocycles. The van der Waals surface area contributed by atoms with Crippen LogP contribution in [0.3, 0.4) is 0 Å². The number of hydrogen-bond donors (Lipinski definition) is 1. The normalized spacial score (nSPS) is 31.9. The summed E-state index contributed by atoms with van der Waals surface area (Å²) in [4.78, 5) is 11.3. The highest BCUT2D eigenvalue weighted by Crippen LogP contribution is 2.38. The van der Waals surface area contributed by atoms with Crippen LogP contribution in [0.25, 0.3) is 0 Å². The molecule has 0 aliphatic heterocycles. The SMILES string of the molecule is CCC(C)(CCC1CCC(C)(O)CC1)CC(C)=O. The Balaban J connectivity index is 2.37. The van der Waals surface area contributed by atoms with Gasteiger partial charge in [0.2, 0.25) is 0 Å². The van der Waals surface area contributed by atoms with Crippen LogP contribution in [0.2, 0.25) is 0 Å². The lowest BCUT2D eigenvalue weighted by atomic mass is 9.73. The van der Waals surface area contributed by atoms with Crippen LogP contribution < -0.4 is 0 Å². The fourth-order valence-corrected chi connectivity index (χ4v) is 3.13. The monoisotopic (exact) mass is 254 g/mol. The zero-order valence-electron chi connectivity index (χ0n) is 12.6. The van der Waals surface area contributed by atoms with E-state index in [2.05, 4.69) is 13.8 Å².